The summed E-state index contributed by atoms with van der Waals surface area (Å²) in [6.07, 6.45) is 8.65. The summed E-state index contributed by atoms with van der Waals surface area (Å²) < 4.78 is 15.7. The van der Waals surface area contributed by atoms with Gasteiger partial charge < -0.3 is 19.5 Å². The summed E-state index contributed by atoms with van der Waals surface area (Å²) in [5.74, 6) is 3.39. The lowest BCUT2D eigenvalue weighted by Gasteiger charge is -2.56. The van der Waals surface area contributed by atoms with Crippen LogP contribution in [0.25, 0.3) is 0 Å². The van der Waals surface area contributed by atoms with Gasteiger partial charge in [0.15, 0.2) is 6.61 Å². The number of aryl methyl sites for hydroxylation is 1. The fourth-order valence-electron chi connectivity index (χ4n) is 6.32. The molecule has 1 amide bonds. The molecule has 4 aliphatic rings. The minimum Gasteiger partial charge on any atom is -0.497 e. The van der Waals surface area contributed by atoms with Crippen molar-refractivity contribution in [3.8, 4) is 11.5 Å². The van der Waals surface area contributed by atoms with E-state index in [-0.39, 0.29) is 24.9 Å². The van der Waals surface area contributed by atoms with Gasteiger partial charge in [-0.3, -0.25) is 9.59 Å². The van der Waals surface area contributed by atoms with Gasteiger partial charge in [0.25, 0.3) is 5.91 Å². The van der Waals surface area contributed by atoms with Crippen molar-refractivity contribution in [2.24, 2.45) is 23.2 Å². The third kappa shape index (κ3) is 4.90. The first-order chi connectivity index (χ1) is 14.5. The molecule has 164 valence electrons. The van der Waals surface area contributed by atoms with Gasteiger partial charge in [0.05, 0.1) is 14.2 Å². The molecule has 1 N–H and O–H groups in total. The normalized spacial score (nSPS) is 28.8. The maximum absolute atomic E-state index is 12.3. The van der Waals surface area contributed by atoms with Gasteiger partial charge >= 0.3 is 5.97 Å². The topological polar surface area (TPSA) is 73.9 Å². The van der Waals surface area contributed by atoms with Crippen LogP contribution in [0.3, 0.4) is 0 Å². The number of ether oxygens (including phenoxy) is 3. The highest BCUT2D eigenvalue weighted by atomic mass is 16.5. The summed E-state index contributed by atoms with van der Waals surface area (Å²) >= 11 is 0. The van der Waals surface area contributed by atoms with E-state index in [9.17, 15) is 9.59 Å². The molecule has 0 saturated heterocycles. The molecule has 0 heterocycles. The number of esters is 1. The summed E-state index contributed by atoms with van der Waals surface area (Å²) in [6.45, 7) is 0.531. The highest BCUT2D eigenvalue weighted by molar-refractivity contribution is 5.80. The van der Waals surface area contributed by atoms with Gasteiger partial charge in [0.2, 0.25) is 0 Å². The van der Waals surface area contributed by atoms with E-state index >= 15 is 0 Å². The number of rotatable bonds is 9. The van der Waals surface area contributed by atoms with Crippen molar-refractivity contribution in [1.82, 2.24) is 5.32 Å². The van der Waals surface area contributed by atoms with Crippen LogP contribution in [0.5, 0.6) is 11.5 Å². The summed E-state index contributed by atoms with van der Waals surface area (Å²) in [6, 6.07) is 5.53. The Hall–Kier alpha value is -2.24. The van der Waals surface area contributed by atoms with Crippen molar-refractivity contribution in [2.45, 2.75) is 51.4 Å². The predicted octanol–water partition coefficient (Wildman–Crippen LogP) is 3.51. The van der Waals surface area contributed by atoms with Crippen LogP contribution in [0.15, 0.2) is 18.2 Å². The molecule has 0 unspecified atom stereocenters. The third-order valence-electron chi connectivity index (χ3n) is 7.22. The number of methoxy groups -OCH3 is 2. The Morgan fingerprint density at radius 3 is 2.07 bits per heavy atom. The molecular formula is C24H33NO5. The lowest BCUT2D eigenvalue weighted by molar-refractivity contribution is -0.148. The molecule has 4 aliphatic carbocycles. The molecule has 6 heteroatoms. The van der Waals surface area contributed by atoms with E-state index in [4.69, 9.17) is 14.2 Å². The Morgan fingerprint density at radius 1 is 0.967 bits per heavy atom. The second-order valence-electron chi connectivity index (χ2n) is 9.58. The molecule has 30 heavy (non-hydrogen) atoms. The molecule has 1 aromatic carbocycles. The first-order valence-corrected chi connectivity index (χ1v) is 11.1. The van der Waals surface area contributed by atoms with Crippen LogP contribution in [0.4, 0.5) is 0 Å². The lowest BCUT2D eigenvalue weighted by atomic mass is 9.49. The number of carbonyl (C=O) groups excluding carboxylic acids is 2. The lowest BCUT2D eigenvalue weighted by Crippen LogP contribution is -2.51. The second kappa shape index (κ2) is 8.86. The number of carbonyl (C=O) groups is 2. The standard InChI is InChI=1S/C24H33NO5/c1-28-20-8-16(9-21(10-20)29-2)3-4-23(27)30-14-22(26)25-15-24-11-17-5-18(12-24)7-19(6-17)13-24/h8-10,17-19H,3-7,11-15H2,1-2H3,(H,25,26). The minimum atomic E-state index is -0.373. The van der Waals surface area contributed by atoms with Crippen molar-refractivity contribution >= 4 is 11.9 Å². The molecular weight excluding hydrogens is 382 g/mol. The Kier molecular flexibility index (Phi) is 6.21. The number of hydrogen-bond donors (Lipinski definition) is 1. The molecule has 5 rings (SSSR count). The quantitative estimate of drug-likeness (QED) is 0.625. The largest absolute Gasteiger partial charge is 0.497 e. The molecule has 1 aromatic rings. The van der Waals surface area contributed by atoms with Crippen molar-refractivity contribution in [3.63, 3.8) is 0 Å². The SMILES string of the molecule is COc1cc(CCC(=O)OCC(=O)NCC23CC4CC(CC(C4)C2)C3)cc(OC)c1. The van der Waals surface area contributed by atoms with Crippen molar-refractivity contribution < 1.29 is 23.8 Å². The summed E-state index contributed by atoms with van der Waals surface area (Å²) in [5, 5.41) is 3.05. The van der Waals surface area contributed by atoms with Gasteiger partial charge in [-0.05, 0) is 85.8 Å². The highest BCUT2D eigenvalue weighted by Gasteiger charge is 2.50. The van der Waals surface area contributed by atoms with Crippen LogP contribution in [0, 0.1) is 23.2 Å². The van der Waals surface area contributed by atoms with Crippen LogP contribution in [0.2, 0.25) is 0 Å². The van der Waals surface area contributed by atoms with Gasteiger partial charge in [0, 0.05) is 19.0 Å². The monoisotopic (exact) mass is 415 g/mol. The van der Waals surface area contributed by atoms with E-state index in [2.05, 4.69) is 5.32 Å². The van der Waals surface area contributed by atoms with Gasteiger partial charge in [-0.2, -0.15) is 0 Å². The Balaban J connectivity index is 1.19. The van der Waals surface area contributed by atoms with Crippen molar-refractivity contribution in [2.75, 3.05) is 27.4 Å². The van der Waals surface area contributed by atoms with Crippen LogP contribution in [-0.4, -0.2) is 39.2 Å². The fourth-order valence-corrected chi connectivity index (χ4v) is 6.32. The smallest absolute Gasteiger partial charge is 0.306 e. The van der Waals surface area contributed by atoms with Gasteiger partial charge in [-0.25, -0.2) is 0 Å². The van der Waals surface area contributed by atoms with Crippen LogP contribution in [0.1, 0.15) is 50.5 Å². The molecule has 0 spiro atoms. The van der Waals surface area contributed by atoms with E-state index in [1.54, 1.807) is 20.3 Å². The highest BCUT2D eigenvalue weighted by Crippen LogP contribution is 2.59. The Morgan fingerprint density at radius 2 is 1.53 bits per heavy atom. The number of nitrogens with one attached hydrogen (secondary N) is 1. The van der Waals surface area contributed by atoms with Gasteiger partial charge in [-0.1, -0.05) is 0 Å². The second-order valence-corrected chi connectivity index (χ2v) is 9.58. The summed E-state index contributed by atoms with van der Waals surface area (Å²) in [5.41, 5.74) is 1.22. The van der Waals surface area contributed by atoms with E-state index in [1.807, 2.05) is 12.1 Å². The van der Waals surface area contributed by atoms with Crippen molar-refractivity contribution in [1.29, 1.82) is 0 Å². The Labute approximate surface area is 178 Å². The van der Waals surface area contributed by atoms with Crippen molar-refractivity contribution in [3.05, 3.63) is 23.8 Å². The maximum atomic E-state index is 12.3. The average Bonchev–Trinajstić information content (AvgIpc) is 2.73. The van der Waals surface area contributed by atoms with Gasteiger partial charge in [-0.15, -0.1) is 0 Å². The molecule has 0 radical (unpaired) electrons. The van der Waals surface area contributed by atoms with Crippen LogP contribution < -0.4 is 14.8 Å². The zero-order chi connectivity index (χ0) is 21.1. The van der Waals surface area contributed by atoms with E-state index in [1.165, 1.54) is 38.5 Å². The van der Waals surface area contributed by atoms with E-state index in [0.717, 1.165) is 29.9 Å². The number of hydrogen-bond acceptors (Lipinski definition) is 5. The zero-order valence-electron chi connectivity index (χ0n) is 18.1. The van der Waals surface area contributed by atoms with Crippen LogP contribution >= 0.6 is 0 Å². The molecule has 0 aliphatic heterocycles. The summed E-state index contributed by atoms with van der Waals surface area (Å²) in [4.78, 5) is 24.4. The minimum absolute atomic E-state index is 0.192. The van der Waals surface area contributed by atoms with Crippen LogP contribution in [-0.2, 0) is 20.7 Å². The van der Waals surface area contributed by atoms with E-state index in [0.29, 0.717) is 23.3 Å². The summed E-state index contributed by atoms with van der Waals surface area (Å²) in [7, 11) is 3.18. The third-order valence-corrected chi connectivity index (χ3v) is 7.22. The molecule has 6 nitrogen and oxygen atoms in total. The molecule has 4 fully saturated rings. The predicted molar refractivity (Wildman–Crippen MR) is 112 cm³/mol. The van der Waals surface area contributed by atoms with E-state index < -0.39 is 0 Å². The number of amides is 1. The van der Waals surface area contributed by atoms with Gasteiger partial charge in [0.1, 0.15) is 11.5 Å². The average molecular weight is 416 g/mol. The Bertz CT molecular complexity index is 732. The fraction of sp³-hybridized carbons (Fsp3) is 0.667. The maximum Gasteiger partial charge on any atom is 0.306 e. The first kappa shape index (κ1) is 21.0. The molecule has 4 bridgehead atoms. The molecule has 0 atom stereocenters. The zero-order valence-corrected chi connectivity index (χ0v) is 18.1. The molecule has 4 saturated carbocycles. The molecule has 0 aromatic heterocycles. The first-order valence-electron chi connectivity index (χ1n) is 11.1. The number of benzene rings is 1.